The second-order valence-corrected chi connectivity index (χ2v) is 7.39. The van der Waals surface area contributed by atoms with E-state index >= 15 is 0 Å². The Labute approximate surface area is 140 Å². The molecule has 1 saturated carbocycles. The number of hydrogen-bond donors (Lipinski definition) is 2. The zero-order valence-corrected chi connectivity index (χ0v) is 14.4. The van der Waals surface area contributed by atoms with Gasteiger partial charge in [-0.3, -0.25) is 14.4 Å². The number of benzene rings is 1. The van der Waals surface area contributed by atoms with Crippen LogP contribution in [0.15, 0.2) is 24.3 Å². The second kappa shape index (κ2) is 5.06. The number of carbonyl (C=O) groups is 3. The summed E-state index contributed by atoms with van der Waals surface area (Å²) in [6.45, 7) is 7.15. The fourth-order valence-electron chi connectivity index (χ4n) is 3.82. The van der Waals surface area contributed by atoms with Crippen LogP contribution < -0.4 is 10.6 Å². The van der Waals surface area contributed by atoms with E-state index in [1.54, 1.807) is 24.3 Å². The van der Waals surface area contributed by atoms with Gasteiger partial charge in [-0.2, -0.15) is 0 Å². The summed E-state index contributed by atoms with van der Waals surface area (Å²) in [5, 5.41) is 5.52. The predicted octanol–water partition coefficient (Wildman–Crippen LogP) is 2.71. The molecular formula is C18H22N2O4. The first-order chi connectivity index (χ1) is 11.1. The Morgan fingerprint density at radius 3 is 1.96 bits per heavy atom. The van der Waals surface area contributed by atoms with E-state index < -0.39 is 16.4 Å². The standard InChI is InChI=1S/C18H22N2O4/c1-11(21)19-12-5-7-13(8-6-12)20-14(22)18-10-9-17(4,15(23)24-18)16(18,2)3/h5-8H,9-10H2,1-4H3,(H,19,21)(H,20,22). The summed E-state index contributed by atoms with van der Waals surface area (Å²) in [7, 11) is 0. The topological polar surface area (TPSA) is 84.5 Å². The van der Waals surface area contributed by atoms with Crippen molar-refractivity contribution in [1.82, 2.24) is 0 Å². The minimum absolute atomic E-state index is 0.157. The smallest absolute Gasteiger partial charge is 0.313 e. The number of ether oxygens (including phenoxy) is 1. The average Bonchev–Trinajstić information content (AvgIpc) is 2.79. The molecule has 1 heterocycles. The van der Waals surface area contributed by atoms with Crippen molar-refractivity contribution in [2.24, 2.45) is 10.8 Å². The highest BCUT2D eigenvalue weighted by Crippen LogP contribution is 2.65. The van der Waals surface area contributed by atoms with Crippen molar-refractivity contribution in [2.75, 3.05) is 10.6 Å². The van der Waals surface area contributed by atoms with Crippen molar-refractivity contribution in [2.45, 2.75) is 46.1 Å². The van der Waals surface area contributed by atoms with Gasteiger partial charge in [0.25, 0.3) is 5.91 Å². The van der Waals surface area contributed by atoms with Gasteiger partial charge >= 0.3 is 5.97 Å². The van der Waals surface area contributed by atoms with Crippen molar-refractivity contribution in [1.29, 1.82) is 0 Å². The first-order valence-corrected chi connectivity index (χ1v) is 8.05. The molecule has 2 unspecified atom stereocenters. The molecule has 2 fully saturated rings. The quantitative estimate of drug-likeness (QED) is 0.835. The molecule has 6 heteroatoms. The average molecular weight is 330 g/mol. The largest absolute Gasteiger partial charge is 0.448 e. The summed E-state index contributed by atoms with van der Waals surface area (Å²) >= 11 is 0. The zero-order chi connectivity index (χ0) is 17.8. The number of anilines is 2. The van der Waals surface area contributed by atoms with Crippen LogP contribution in [0.2, 0.25) is 0 Å². The first kappa shape index (κ1) is 16.5. The molecule has 24 heavy (non-hydrogen) atoms. The van der Waals surface area contributed by atoms with E-state index in [4.69, 9.17) is 4.74 Å². The number of fused-ring (bicyclic) bond motifs is 2. The minimum atomic E-state index is -1.13. The van der Waals surface area contributed by atoms with Crippen LogP contribution in [0.3, 0.4) is 0 Å². The second-order valence-electron chi connectivity index (χ2n) is 7.39. The van der Waals surface area contributed by atoms with Crippen LogP contribution in [0.5, 0.6) is 0 Å². The van der Waals surface area contributed by atoms with Gasteiger partial charge in [0.15, 0.2) is 5.60 Å². The zero-order valence-electron chi connectivity index (χ0n) is 14.4. The van der Waals surface area contributed by atoms with E-state index in [9.17, 15) is 14.4 Å². The third kappa shape index (κ3) is 2.05. The van der Waals surface area contributed by atoms with Crippen LogP contribution in [0.4, 0.5) is 11.4 Å². The number of rotatable bonds is 3. The van der Waals surface area contributed by atoms with Crippen LogP contribution in [0.1, 0.15) is 40.5 Å². The van der Waals surface area contributed by atoms with Gasteiger partial charge in [-0.1, -0.05) is 13.8 Å². The van der Waals surface area contributed by atoms with Gasteiger partial charge < -0.3 is 15.4 Å². The Morgan fingerprint density at radius 1 is 1.00 bits per heavy atom. The lowest BCUT2D eigenvalue weighted by atomic mass is 9.66. The Morgan fingerprint density at radius 2 is 1.54 bits per heavy atom. The normalized spacial score (nSPS) is 29.9. The van der Waals surface area contributed by atoms with E-state index in [0.717, 1.165) is 0 Å². The molecule has 1 aliphatic carbocycles. The molecule has 1 aromatic carbocycles. The molecular weight excluding hydrogens is 308 g/mol. The SMILES string of the molecule is CC(=O)Nc1ccc(NC(=O)C23CCC(C)(C(=O)O2)C3(C)C)cc1. The van der Waals surface area contributed by atoms with Crippen molar-refractivity contribution < 1.29 is 19.1 Å². The molecule has 2 N–H and O–H groups in total. The predicted molar refractivity (Wildman–Crippen MR) is 89.3 cm³/mol. The fraction of sp³-hybridized carbons (Fsp3) is 0.500. The third-order valence-corrected chi connectivity index (χ3v) is 5.91. The van der Waals surface area contributed by atoms with Gasteiger partial charge in [0.2, 0.25) is 5.91 Å². The van der Waals surface area contributed by atoms with E-state index in [-0.39, 0.29) is 17.8 Å². The first-order valence-electron chi connectivity index (χ1n) is 8.05. The summed E-state index contributed by atoms with van der Waals surface area (Å²) in [5.74, 6) is -0.750. The number of hydrogen-bond acceptors (Lipinski definition) is 4. The van der Waals surface area contributed by atoms with Gasteiger partial charge in [0.1, 0.15) is 0 Å². The maximum Gasteiger partial charge on any atom is 0.313 e. The molecule has 3 rings (SSSR count). The van der Waals surface area contributed by atoms with E-state index in [0.29, 0.717) is 24.2 Å². The lowest BCUT2D eigenvalue weighted by Crippen LogP contribution is -2.50. The van der Waals surface area contributed by atoms with Crippen molar-refractivity contribution in [3.8, 4) is 0 Å². The lowest BCUT2D eigenvalue weighted by Gasteiger charge is -2.35. The number of amides is 2. The summed E-state index contributed by atoms with van der Waals surface area (Å²) in [6.07, 6.45) is 1.17. The third-order valence-electron chi connectivity index (χ3n) is 5.91. The molecule has 0 aromatic heterocycles. The Balaban J connectivity index is 1.81. The number of esters is 1. The Hall–Kier alpha value is -2.37. The molecule has 0 spiro atoms. The molecule has 2 amide bonds. The van der Waals surface area contributed by atoms with E-state index in [1.165, 1.54) is 6.92 Å². The maximum atomic E-state index is 12.9. The van der Waals surface area contributed by atoms with E-state index in [1.807, 2.05) is 20.8 Å². The fourth-order valence-corrected chi connectivity index (χ4v) is 3.82. The van der Waals surface area contributed by atoms with Gasteiger partial charge in [-0.05, 0) is 44.0 Å². The summed E-state index contributed by atoms with van der Waals surface area (Å²) in [4.78, 5) is 36.2. The van der Waals surface area contributed by atoms with Gasteiger partial charge in [0, 0.05) is 23.7 Å². The van der Waals surface area contributed by atoms with Gasteiger partial charge in [-0.15, -0.1) is 0 Å². The van der Waals surface area contributed by atoms with Crippen LogP contribution >= 0.6 is 0 Å². The molecule has 1 aliphatic heterocycles. The molecule has 128 valence electrons. The van der Waals surface area contributed by atoms with Crippen LogP contribution in [-0.4, -0.2) is 23.4 Å². The van der Waals surface area contributed by atoms with Crippen LogP contribution in [0.25, 0.3) is 0 Å². The number of nitrogens with one attached hydrogen (secondary N) is 2. The molecule has 2 atom stereocenters. The maximum absolute atomic E-state index is 12.9. The lowest BCUT2D eigenvalue weighted by molar-refractivity contribution is -0.165. The van der Waals surface area contributed by atoms with E-state index in [2.05, 4.69) is 10.6 Å². The van der Waals surface area contributed by atoms with Crippen LogP contribution in [0, 0.1) is 10.8 Å². The summed E-state index contributed by atoms with van der Waals surface area (Å²) in [5.41, 5.74) is -1.08. The highest BCUT2D eigenvalue weighted by molar-refractivity contribution is 6.03. The molecule has 2 aliphatic rings. The molecule has 1 aromatic rings. The minimum Gasteiger partial charge on any atom is -0.448 e. The highest BCUT2D eigenvalue weighted by atomic mass is 16.6. The van der Waals surface area contributed by atoms with Crippen molar-refractivity contribution in [3.05, 3.63) is 24.3 Å². The van der Waals surface area contributed by atoms with Crippen molar-refractivity contribution in [3.63, 3.8) is 0 Å². The van der Waals surface area contributed by atoms with Gasteiger partial charge in [-0.25, -0.2) is 0 Å². The van der Waals surface area contributed by atoms with Gasteiger partial charge in [0.05, 0.1) is 5.41 Å². The van der Waals surface area contributed by atoms with Crippen molar-refractivity contribution >= 4 is 29.2 Å². The summed E-state index contributed by atoms with van der Waals surface area (Å²) < 4.78 is 5.57. The number of carbonyl (C=O) groups excluding carboxylic acids is 3. The monoisotopic (exact) mass is 330 g/mol. The molecule has 1 saturated heterocycles. The Bertz CT molecular complexity index is 725. The highest BCUT2D eigenvalue weighted by Gasteiger charge is 2.75. The Kier molecular flexibility index (Phi) is 3.48. The molecule has 0 radical (unpaired) electrons. The molecule has 2 bridgehead atoms. The summed E-state index contributed by atoms with van der Waals surface area (Å²) in [6, 6.07) is 6.83. The van der Waals surface area contributed by atoms with Crippen LogP contribution in [-0.2, 0) is 19.1 Å². The molecule has 6 nitrogen and oxygen atoms in total.